The van der Waals surface area contributed by atoms with Crippen LogP contribution in [0, 0.1) is 11.3 Å². The molecule has 0 bridgehead atoms. The molecular formula is C16H23N3. The van der Waals surface area contributed by atoms with Gasteiger partial charge in [-0.25, -0.2) is 0 Å². The normalized spacial score (nSPS) is 22.9. The predicted molar refractivity (Wildman–Crippen MR) is 77.9 cm³/mol. The second-order valence-corrected chi connectivity index (χ2v) is 5.33. The van der Waals surface area contributed by atoms with Gasteiger partial charge in [0, 0.05) is 32.2 Å². The van der Waals surface area contributed by atoms with E-state index in [1.165, 1.54) is 0 Å². The highest BCUT2D eigenvalue weighted by molar-refractivity contribution is 5.25. The lowest BCUT2D eigenvalue weighted by atomic mass is 9.99. The lowest BCUT2D eigenvalue weighted by Gasteiger charge is -2.40. The number of likely N-dealkylation sites (N-methyl/N-ethyl adjacent to an activating group) is 1. The minimum Gasteiger partial charge on any atom is -0.299 e. The van der Waals surface area contributed by atoms with Gasteiger partial charge in [0.2, 0.25) is 0 Å². The van der Waals surface area contributed by atoms with Crippen LogP contribution in [0.1, 0.15) is 25.3 Å². The SMILES string of the molecule is CCN1CCN(CC(C#N)c2ccccc2)CC1C. The van der Waals surface area contributed by atoms with Crippen LogP contribution in [0.25, 0.3) is 0 Å². The Balaban J connectivity index is 1.95. The molecule has 2 unspecified atom stereocenters. The predicted octanol–water partition coefficient (Wildman–Crippen LogP) is 2.32. The van der Waals surface area contributed by atoms with Crippen LogP contribution in [0.3, 0.4) is 0 Å². The first-order chi connectivity index (χ1) is 9.24. The largest absolute Gasteiger partial charge is 0.299 e. The second kappa shape index (κ2) is 6.70. The Morgan fingerprint density at radius 1 is 1.32 bits per heavy atom. The zero-order chi connectivity index (χ0) is 13.7. The number of hydrogen-bond acceptors (Lipinski definition) is 3. The number of piperazine rings is 1. The second-order valence-electron chi connectivity index (χ2n) is 5.33. The van der Waals surface area contributed by atoms with Gasteiger partial charge >= 0.3 is 0 Å². The van der Waals surface area contributed by atoms with Gasteiger partial charge in [-0.2, -0.15) is 5.26 Å². The molecule has 102 valence electrons. The zero-order valence-corrected chi connectivity index (χ0v) is 11.9. The Bertz CT molecular complexity index is 423. The van der Waals surface area contributed by atoms with Crippen molar-refractivity contribution in [1.82, 2.24) is 9.80 Å². The third-order valence-corrected chi connectivity index (χ3v) is 4.05. The van der Waals surface area contributed by atoms with Crippen LogP contribution in [0.2, 0.25) is 0 Å². The van der Waals surface area contributed by atoms with Crippen molar-refractivity contribution in [3.05, 3.63) is 35.9 Å². The Morgan fingerprint density at radius 2 is 2.05 bits per heavy atom. The van der Waals surface area contributed by atoms with E-state index >= 15 is 0 Å². The average Bonchev–Trinajstić information content (AvgIpc) is 2.46. The molecule has 1 aromatic rings. The van der Waals surface area contributed by atoms with Crippen LogP contribution in [0.15, 0.2) is 30.3 Å². The fraction of sp³-hybridized carbons (Fsp3) is 0.562. The van der Waals surface area contributed by atoms with Crippen LogP contribution in [-0.4, -0.2) is 48.6 Å². The maximum absolute atomic E-state index is 9.39. The molecule has 1 saturated heterocycles. The molecule has 0 amide bonds. The minimum absolute atomic E-state index is 0.0124. The Kier molecular flexibility index (Phi) is 4.95. The molecule has 19 heavy (non-hydrogen) atoms. The minimum atomic E-state index is -0.0124. The van der Waals surface area contributed by atoms with Gasteiger partial charge in [-0.1, -0.05) is 37.3 Å². The summed E-state index contributed by atoms with van der Waals surface area (Å²) in [4.78, 5) is 4.93. The summed E-state index contributed by atoms with van der Waals surface area (Å²) in [5.41, 5.74) is 1.13. The summed E-state index contributed by atoms with van der Waals surface area (Å²) in [6.45, 7) is 9.72. The van der Waals surface area contributed by atoms with E-state index in [2.05, 4.69) is 41.8 Å². The lowest BCUT2D eigenvalue weighted by Crippen LogP contribution is -2.52. The number of nitrogens with zero attached hydrogens (tertiary/aromatic N) is 3. The third-order valence-electron chi connectivity index (χ3n) is 4.05. The molecule has 0 aromatic heterocycles. The number of hydrogen-bond donors (Lipinski definition) is 0. The van der Waals surface area contributed by atoms with Crippen LogP contribution in [0.5, 0.6) is 0 Å². The molecule has 2 rings (SSSR count). The smallest absolute Gasteiger partial charge is 0.0839 e. The number of rotatable bonds is 4. The van der Waals surface area contributed by atoms with Crippen LogP contribution in [-0.2, 0) is 0 Å². The highest BCUT2D eigenvalue weighted by atomic mass is 15.3. The average molecular weight is 257 g/mol. The van der Waals surface area contributed by atoms with Crippen molar-refractivity contribution in [2.24, 2.45) is 0 Å². The molecular weight excluding hydrogens is 234 g/mol. The summed E-state index contributed by atoms with van der Waals surface area (Å²) >= 11 is 0. The highest BCUT2D eigenvalue weighted by Crippen LogP contribution is 2.18. The summed E-state index contributed by atoms with van der Waals surface area (Å²) in [5, 5.41) is 9.39. The summed E-state index contributed by atoms with van der Waals surface area (Å²) < 4.78 is 0. The topological polar surface area (TPSA) is 30.3 Å². The molecule has 1 heterocycles. The van der Waals surface area contributed by atoms with Crippen molar-refractivity contribution in [2.75, 3.05) is 32.7 Å². The van der Waals surface area contributed by atoms with E-state index in [4.69, 9.17) is 0 Å². The molecule has 0 N–H and O–H groups in total. The molecule has 1 fully saturated rings. The molecule has 1 aliphatic rings. The quantitative estimate of drug-likeness (QED) is 0.829. The fourth-order valence-corrected chi connectivity index (χ4v) is 2.87. The first-order valence-electron chi connectivity index (χ1n) is 7.15. The Labute approximate surface area is 116 Å². The van der Waals surface area contributed by atoms with Crippen LogP contribution >= 0.6 is 0 Å². The van der Waals surface area contributed by atoms with Crippen molar-refractivity contribution in [1.29, 1.82) is 5.26 Å². The van der Waals surface area contributed by atoms with Gasteiger partial charge in [0.1, 0.15) is 0 Å². The third kappa shape index (κ3) is 3.56. The van der Waals surface area contributed by atoms with Crippen molar-refractivity contribution >= 4 is 0 Å². The summed E-state index contributed by atoms with van der Waals surface area (Å²) in [5.74, 6) is -0.0124. The van der Waals surface area contributed by atoms with Crippen molar-refractivity contribution in [2.45, 2.75) is 25.8 Å². The maximum Gasteiger partial charge on any atom is 0.0839 e. The van der Waals surface area contributed by atoms with Crippen LogP contribution in [0.4, 0.5) is 0 Å². The lowest BCUT2D eigenvalue weighted by molar-refractivity contribution is 0.0868. The van der Waals surface area contributed by atoms with Crippen molar-refractivity contribution in [3.8, 4) is 6.07 Å². The molecule has 1 aromatic carbocycles. The maximum atomic E-state index is 9.39. The van der Waals surface area contributed by atoms with Gasteiger partial charge in [-0.15, -0.1) is 0 Å². The van der Waals surface area contributed by atoms with E-state index in [-0.39, 0.29) is 5.92 Å². The fourth-order valence-electron chi connectivity index (χ4n) is 2.87. The van der Waals surface area contributed by atoms with E-state index in [1.54, 1.807) is 0 Å². The molecule has 0 spiro atoms. The monoisotopic (exact) mass is 257 g/mol. The van der Waals surface area contributed by atoms with Gasteiger partial charge in [0.15, 0.2) is 0 Å². The van der Waals surface area contributed by atoms with Crippen molar-refractivity contribution < 1.29 is 0 Å². The van der Waals surface area contributed by atoms with E-state index in [0.717, 1.165) is 38.3 Å². The van der Waals surface area contributed by atoms with E-state index < -0.39 is 0 Å². The molecule has 0 saturated carbocycles. The van der Waals surface area contributed by atoms with Gasteiger partial charge in [0.05, 0.1) is 12.0 Å². The molecule has 0 aliphatic carbocycles. The van der Waals surface area contributed by atoms with E-state index in [1.807, 2.05) is 18.2 Å². The number of nitriles is 1. The first kappa shape index (κ1) is 14.0. The zero-order valence-electron chi connectivity index (χ0n) is 11.9. The molecule has 0 radical (unpaired) electrons. The van der Waals surface area contributed by atoms with Crippen LogP contribution < -0.4 is 0 Å². The number of benzene rings is 1. The molecule has 1 aliphatic heterocycles. The summed E-state index contributed by atoms with van der Waals surface area (Å²) in [6, 6.07) is 13.2. The molecule has 2 atom stereocenters. The summed E-state index contributed by atoms with van der Waals surface area (Å²) in [7, 11) is 0. The van der Waals surface area contributed by atoms with Gasteiger partial charge in [-0.3, -0.25) is 9.80 Å². The molecule has 3 nitrogen and oxygen atoms in total. The van der Waals surface area contributed by atoms with Gasteiger partial charge < -0.3 is 0 Å². The van der Waals surface area contributed by atoms with E-state index in [0.29, 0.717) is 6.04 Å². The molecule has 3 heteroatoms. The Hall–Kier alpha value is -1.37. The Morgan fingerprint density at radius 3 is 2.63 bits per heavy atom. The van der Waals surface area contributed by atoms with Gasteiger partial charge in [-0.05, 0) is 19.0 Å². The van der Waals surface area contributed by atoms with Crippen molar-refractivity contribution in [3.63, 3.8) is 0 Å². The van der Waals surface area contributed by atoms with Gasteiger partial charge in [0.25, 0.3) is 0 Å². The first-order valence-corrected chi connectivity index (χ1v) is 7.15. The highest BCUT2D eigenvalue weighted by Gasteiger charge is 2.24. The summed E-state index contributed by atoms with van der Waals surface area (Å²) in [6.07, 6.45) is 0. The van der Waals surface area contributed by atoms with E-state index in [9.17, 15) is 5.26 Å². The standard InChI is InChI=1S/C16H23N3/c1-3-19-10-9-18(12-14(19)2)13-16(11-17)15-7-5-4-6-8-15/h4-8,14,16H,3,9-10,12-13H2,1-2H3.